The molecule has 0 bridgehead atoms. The molecule has 0 unspecified atom stereocenters. The zero-order chi connectivity index (χ0) is 21.0. The van der Waals surface area contributed by atoms with Crippen molar-refractivity contribution in [1.82, 2.24) is 15.6 Å². The normalized spacial score (nSPS) is 11.6. The Kier molecular flexibility index (Phi) is 5.54. The molecule has 0 atom stereocenters. The molecule has 0 fully saturated rings. The molecule has 2 N–H and O–H groups in total. The van der Waals surface area contributed by atoms with Gasteiger partial charge >= 0.3 is 5.97 Å². The molecule has 0 saturated carbocycles. The number of hydrazone groups is 1. The average Bonchev–Trinajstić information content (AvgIpc) is 2.67. The topological polar surface area (TPSA) is 114 Å². The number of ether oxygens (including phenoxy) is 1. The smallest absolute Gasteiger partial charge is 0.338 e. The number of nitrogens with zero attached hydrogens (tertiary/aromatic N) is 2. The van der Waals surface area contributed by atoms with E-state index >= 15 is 0 Å². The van der Waals surface area contributed by atoms with Gasteiger partial charge in [0.1, 0.15) is 5.60 Å². The van der Waals surface area contributed by atoms with Crippen molar-refractivity contribution in [3.8, 4) is 0 Å². The first kappa shape index (κ1) is 19.9. The Labute approximate surface area is 166 Å². The summed E-state index contributed by atoms with van der Waals surface area (Å²) in [4.78, 5) is 36.4. The Balaban J connectivity index is 1.75. The Morgan fingerprint density at radius 2 is 1.83 bits per heavy atom. The highest BCUT2D eigenvalue weighted by Gasteiger charge is 2.18. The SMILES string of the molecule is CC(C)(C)OC(=O)c1cccc(/C=N/NC(=O)c2n[nH]c(=O)c3ccccc23)c1. The number of esters is 1. The molecule has 3 rings (SSSR count). The predicted molar refractivity (Wildman–Crippen MR) is 109 cm³/mol. The number of aromatic amines is 1. The van der Waals surface area contributed by atoms with E-state index in [2.05, 4.69) is 20.7 Å². The van der Waals surface area contributed by atoms with Crippen LogP contribution in [0, 0.1) is 0 Å². The zero-order valence-electron chi connectivity index (χ0n) is 16.2. The number of fused-ring (bicyclic) bond motifs is 1. The van der Waals surface area contributed by atoms with Crippen molar-refractivity contribution in [1.29, 1.82) is 0 Å². The number of rotatable bonds is 4. The molecule has 0 aliphatic rings. The van der Waals surface area contributed by atoms with Crippen LogP contribution in [-0.2, 0) is 4.74 Å². The van der Waals surface area contributed by atoms with Gasteiger partial charge in [-0.05, 0) is 44.5 Å². The van der Waals surface area contributed by atoms with E-state index < -0.39 is 17.5 Å². The minimum atomic E-state index is -0.596. The summed E-state index contributed by atoms with van der Waals surface area (Å²) in [5, 5.41) is 10.8. The van der Waals surface area contributed by atoms with E-state index in [9.17, 15) is 14.4 Å². The third-order valence-corrected chi connectivity index (χ3v) is 3.81. The van der Waals surface area contributed by atoms with Crippen LogP contribution in [0.4, 0.5) is 0 Å². The molecule has 1 aromatic heterocycles. The number of hydrogen-bond donors (Lipinski definition) is 2. The molecule has 1 amide bonds. The van der Waals surface area contributed by atoms with Crippen LogP contribution in [0.25, 0.3) is 10.8 Å². The van der Waals surface area contributed by atoms with E-state index in [0.717, 1.165) is 0 Å². The monoisotopic (exact) mass is 392 g/mol. The van der Waals surface area contributed by atoms with Crippen LogP contribution in [-0.4, -0.2) is 33.9 Å². The van der Waals surface area contributed by atoms with E-state index in [4.69, 9.17) is 4.74 Å². The Hall–Kier alpha value is -3.81. The lowest BCUT2D eigenvalue weighted by Crippen LogP contribution is -2.24. The molecule has 0 saturated heterocycles. The van der Waals surface area contributed by atoms with Crippen LogP contribution in [0.3, 0.4) is 0 Å². The molecular weight excluding hydrogens is 372 g/mol. The van der Waals surface area contributed by atoms with Crippen molar-refractivity contribution in [3.05, 3.63) is 75.7 Å². The highest BCUT2D eigenvalue weighted by molar-refractivity contribution is 6.05. The summed E-state index contributed by atoms with van der Waals surface area (Å²) in [5.74, 6) is -1.02. The number of H-pyrrole nitrogens is 1. The van der Waals surface area contributed by atoms with Crippen molar-refractivity contribution in [3.63, 3.8) is 0 Å². The molecule has 0 aliphatic carbocycles. The van der Waals surface area contributed by atoms with Crippen molar-refractivity contribution in [2.24, 2.45) is 5.10 Å². The third kappa shape index (κ3) is 4.92. The van der Waals surface area contributed by atoms with Gasteiger partial charge in [-0.15, -0.1) is 0 Å². The number of aromatic nitrogens is 2. The lowest BCUT2D eigenvalue weighted by Gasteiger charge is -2.19. The van der Waals surface area contributed by atoms with Crippen molar-refractivity contribution in [2.45, 2.75) is 26.4 Å². The van der Waals surface area contributed by atoms with Gasteiger partial charge in [0.25, 0.3) is 11.5 Å². The fourth-order valence-corrected chi connectivity index (χ4v) is 2.59. The number of carbonyl (C=O) groups is 2. The zero-order valence-corrected chi connectivity index (χ0v) is 16.2. The summed E-state index contributed by atoms with van der Waals surface area (Å²) in [6.07, 6.45) is 1.40. The standard InChI is InChI=1S/C21H20N4O4/c1-21(2,3)29-20(28)14-8-6-7-13(11-14)12-22-24-19(27)17-15-9-4-5-10-16(15)18(26)25-23-17/h4-12H,1-3H3,(H,24,27)(H,25,26)/b22-12+. The molecule has 0 aliphatic heterocycles. The summed E-state index contributed by atoms with van der Waals surface area (Å²) in [6.45, 7) is 5.38. The molecule has 148 valence electrons. The van der Waals surface area contributed by atoms with Crippen LogP contribution in [0.5, 0.6) is 0 Å². The quantitative estimate of drug-likeness (QED) is 0.403. The minimum Gasteiger partial charge on any atom is -0.456 e. The van der Waals surface area contributed by atoms with Crippen LogP contribution in [0.2, 0.25) is 0 Å². The Morgan fingerprint density at radius 3 is 2.55 bits per heavy atom. The molecule has 0 radical (unpaired) electrons. The molecule has 2 aromatic carbocycles. The first-order valence-corrected chi connectivity index (χ1v) is 8.89. The highest BCUT2D eigenvalue weighted by Crippen LogP contribution is 2.13. The highest BCUT2D eigenvalue weighted by atomic mass is 16.6. The molecule has 0 spiro atoms. The number of hydrogen-bond acceptors (Lipinski definition) is 6. The molecule has 3 aromatic rings. The van der Waals surface area contributed by atoms with Crippen LogP contribution in [0.15, 0.2) is 58.4 Å². The lowest BCUT2D eigenvalue weighted by molar-refractivity contribution is 0.00694. The van der Waals surface area contributed by atoms with E-state index in [-0.39, 0.29) is 11.3 Å². The maximum Gasteiger partial charge on any atom is 0.338 e. The second-order valence-electron chi connectivity index (χ2n) is 7.27. The van der Waals surface area contributed by atoms with Crippen molar-refractivity contribution < 1.29 is 14.3 Å². The number of benzene rings is 2. The summed E-state index contributed by atoms with van der Waals surface area (Å²) >= 11 is 0. The number of amides is 1. The van der Waals surface area contributed by atoms with Gasteiger partial charge in [0.05, 0.1) is 17.2 Å². The molecule has 1 heterocycles. The summed E-state index contributed by atoms with van der Waals surface area (Å²) in [7, 11) is 0. The van der Waals surface area contributed by atoms with Gasteiger partial charge < -0.3 is 4.74 Å². The van der Waals surface area contributed by atoms with Crippen molar-refractivity contribution in [2.75, 3.05) is 0 Å². The van der Waals surface area contributed by atoms with Gasteiger partial charge in [-0.3, -0.25) is 9.59 Å². The summed E-state index contributed by atoms with van der Waals surface area (Å²) in [6, 6.07) is 13.3. The van der Waals surface area contributed by atoms with E-state index in [1.807, 2.05) is 0 Å². The van der Waals surface area contributed by atoms with E-state index in [0.29, 0.717) is 21.9 Å². The second-order valence-corrected chi connectivity index (χ2v) is 7.27. The average molecular weight is 392 g/mol. The van der Waals surface area contributed by atoms with Gasteiger partial charge in [-0.25, -0.2) is 15.3 Å². The maximum absolute atomic E-state index is 12.4. The van der Waals surface area contributed by atoms with Crippen LogP contribution < -0.4 is 11.0 Å². The third-order valence-electron chi connectivity index (χ3n) is 3.81. The lowest BCUT2D eigenvalue weighted by atomic mass is 10.1. The first-order valence-electron chi connectivity index (χ1n) is 8.89. The number of nitrogens with one attached hydrogen (secondary N) is 2. The number of carbonyl (C=O) groups excluding carboxylic acids is 2. The van der Waals surface area contributed by atoms with E-state index in [1.54, 1.807) is 69.3 Å². The largest absolute Gasteiger partial charge is 0.456 e. The molecular formula is C21H20N4O4. The van der Waals surface area contributed by atoms with Crippen molar-refractivity contribution >= 4 is 28.9 Å². The fourth-order valence-electron chi connectivity index (χ4n) is 2.59. The molecule has 8 heteroatoms. The Morgan fingerprint density at radius 1 is 1.10 bits per heavy atom. The summed E-state index contributed by atoms with van der Waals surface area (Å²) < 4.78 is 5.34. The van der Waals surface area contributed by atoms with Crippen LogP contribution >= 0.6 is 0 Å². The molecule has 29 heavy (non-hydrogen) atoms. The Bertz CT molecular complexity index is 1160. The maximum atomic E-state index is 12.4. The van der Waals surface area contributed by atoms with Gasteiger partial charge in [0.15, 0.2) is 5.69 Å². The first-order chi connectivity index (χ1) is 13.7. The van der Waals surface area contributed by atoms with Gasteiger partial charge in [0.2, 0.25) is 0 Å². The second kappa shape index (κ2) is 8.05. The molecule has 8 nitrogen and oxygen atoms in total. The van der Waals surface area contributed by atoms with Gasteiger partial charge in [-0.2, -0.15) is 10.2 Å². The van der Waals surface area contributed by atoms with Gasteiger partial charge in [-0.1, -0.05) is 30.3 Å². The van der Waals surface area contributed by atoms with Gasteiger partial charge in [0, 0.05) is 5.39 Å². The summed E-state index contributed by atoms with van der Waals surface area (Å²) in [5.41, 5.74) is 2.44. The van der Waals surface area contributed by atoms with Crippen LogP contribution in [0.1, 0.15) is 47.2 Å². The minimum absolute atomic E-state index is 0.0554. The van der Waals surface area contributed by atoms with E-state index in [1.165, 1.54) is 6.21 Å². The predicted octanol–water partition coefficient (Wildman–Crippen LogP) is 2.64. The fraction of sp³-hybridized carbons (Fsp3) is 0.190.